The number of rotatable bonds is 8. The summed E-state index contributed by atoms with van der Waals surface area (Å²) in [6.07, 6.45) is 0.664. The smallest absolute Gasteiger partial charge is 0.269 e. The first-order chi connectivity index (χ1) is 13.1. The second-order valence-electron chi connectivity index (χ2n) is 6.22. The van der Waals surface area contributed by atoms with Gasteiger partial charge in [-0.3, -0.25) is 10.1 Å². The summed E-state index contributed by atoms with van der Waals surface area (Å²) in [6.45, 7) is 3.26. The fourth-order valence-corrected chi connectivity index (χ4v) is 3.55. The molecule has 2 aromatic carbocycles. The van der Waals surface area contributed by atoms with E-state index in [0.717, 1.165) is 16.5 Å². The summed E-state index contributed by atoms with van der Waals surface area (Å²) in [4.78, 5) is 10.4. The normalized spacial score (nSPS) is 10.9. The van der Waals surface area contributed by atoms with E-state index in [4.69, 9.17) is 5.73 Å². The van der Waals surface area contributed by atoms with E-state index in [0.29, 0.717) is 25.3 Å². The van der Waals surface area contributed by atoms with Crippen molar-refractivity contribution < 1.29 is 4.92 Å². The van der Waals surface area contributed by atoms with E-state index in [-0.39, 0.29) is 5.69 Å². The number of non-ortho nitro benzene ring substituents is 1. The Morgan fingerprint density at radius 3 is 2.37 bits per heavy atom. The molecule has 0 bridgehead atoms. The Kier molecular flexibility index (Phi) is 6.20. The molecule has 1 heterocycles. The summed E-state index contributed by atoms with van der Waals surface area (Å²) in [5.74, 6) is 1.52. The minimum atomic E-state index is -0.395. The lowest BCUT2D eigenvalue weighted by molar-refractivity contribution is -0.384. The van der Waals surface area contributed by atoms with Gasteiger partial charge in [0.2, 0.25) is 0 Å². The summed E-state index contributed by atoms with van der Waals surface area (Å²) in [5.41, 5.74) is 9.20. The number of thioether (sulfide) groups is 1. The van der Waals surface area contributed by atoms with E-state index >= 15 is 0 Å². The molecule has 0 aliphatic rings. The Labute approximate surface area is 161 Å². The van der Waals surface area contributed by atoms with E-state index in [2.05, 4.69) is 46.0 Å². The first-order valence-corrected chi connectivity index (χ1v) is 9.59. The standard InChI is InChI=1S/C19H21N5O2S/c1-14-2-4-15(5-3-14)12-23-18(10-11-20)21-22-19(23)27-13-16-6-8-17(9-7-16)24(25)26/h2-9H,10-13,20H2,1H3. The third kappa shape index (κ3) is 4.93. The van der Waals surface area contributed by atoms with Gasteiger partial charge < -0.3 is 10.3 Å². The van der Waals surface area contributed by atoms with Crippen LogP contribution in [-0.4, -0.2) is 26.2 Å². The van der Waals surface area contributed by atoms with E-state index in [1.54, 1.807) is 23.9 Å². The largest absolute Gasteiger partial charge is 0.330 e. The highest BCUT2D eigenvalue weighted by atomic mass is 32.2. The average molecular weight is 383 g/mol. The Morgan fingerprint density at radius 2 is 1.74 bits per heavy atom. The summed E-state index contributed by atoms with van der Waals surface area (Å²) in [5, 5.41) is 20.2. The van der Waals surface area contributed by atoms with Gasteiger partial charge in [-0.1, -0.05) is 53.7 Å². The van der Waals surface area contributed by atoms with Crippen LogP contribution in [0.1, 0.15) is 22.5 Å². The van der Waals surface area contributed by atoms with E-state index < -0.39 is 4.92 Å². The molecule has 27 heavy (non-hydrogen) atoms. The van der Waals surface area contributed by atoms with Crippen LogP contribution in [-0.2, 0) is 18.7 Å². The van der Waals surface area contributed by atoms with Gasteiger partial charge in [-0.2, -0.15) is 0 Å². The summed E-state index contributed by atoms with van der Waals surface area (Å²) in [6, 6.07) is 15.0. The van der Waals surface area contributed by atoms with Gasteiger partial charge in [-0.15, -0.1) is 10.2 Å². The summed E-state index contributed by atoms with van der Waals surface area (Å²) in [7, 11) is 0. The molecular weight excluding hydrogens is 362 g/mol. The fraction of sp³-hybridized carbons (Fsp3) is 0.263. The van der Waals surface area contributed by atoms with Crippen LogP contribution in [0, 0.1) is 17.0 Å². The molecule has 3 rings (SSSR count). The molecule has 0 spiro atoms. The minimum Gasteiger partial charge on any atom is -0.330 e. The van der Waals surface area contributed by atoms with Gasteiger partial charge in [0, 0.05) is 24.3 Å². The van der Waals surface area contributed by atoms with Crippen molar-refractivity contribution in [1.82, 2.24) is 14.8 Å². The second-order valence-corrected chi connectivity index (χ2v) is 7.16. The average Bonchev–Trinajstić information content (AvgIpc) is 3.04. The zero-order valence-electron chi connectivity index (χ0n) is 15.0. The molecule has 3 aromatic rings. The highest BCUT2D eigenvalue weighted by Crippen LogP contribution is 2.24. The Balaban J connectivity index is 1.76. The molecule has 0 unspecified atom stereocenters. The lowest BCUT2D eigenvalue weighted by atomic mass is 10.1. The molecule has 0 fully saturated rings. The van der Waals surface area contributed by atoms with Crippen LogP contribution in [0.2, 0.25) is 0 Å². The van der Waals surface area contributed by atoms with Gasteiger partial charge in [0.05, 0.1) is 11.5 Å². The maximum atomic E-state index is 10.8. The number of benzene rings is 2. The van der Waals surface area contributed by atoms with Crippen molar-refractivity contribution in [3.63, 3.8) is 0 Å². The Hall–Kier alpha value is -2.71. The highest BCUT2D eigenvalue weighted by molar-refractivity contribution is 7.98. The molecule has 0 amide bonds. The van der Waals surface area contributed by atoms with Crippen molar-refractivity contribution in [3.05, 3.63) is 81.2 Å². The van der Waals surface area contributed by atoms with E-state index in [9.17, 15) is 10.1 Å². The SMILES string of the molecule is Cc1ccc(Cn2c(CCN)nnc2SCc2ccc([N+](=O)[O-])cc2)cc1. The number of aryl methyl sites for hydroxylation is 1. The number of nitro groups is 1. The zero-order chi connectivity index (χ0) is 19.2. The Morgan fingerprint density at radius 1 is 1.07 bits per heavy atom. The molecule has 1 aromatic heterocycles. The van der Waals surface area contributed by atoms with Gasteiger partial charge in [0.15, 0.2) is 5.16 Å². The van der Waals surface area contributed by atoms with Crippen molar-refractivity contribution in [2.75, 3.05) is 6.54 Å². The third-order valence-corrected chi connectivity index (χ3v) is 5.18. The molecule has 0 saturated carbocycles. The van der Waals surface area contributed by atoms with Crippen molar-refractivity contribution in [1.29, 1.82) is 0 Å². The molecule has 7 nitrogen and oxygen atoms in total. The third-order valence-electron chi connectivity index (χ3n) is 4.14. The van der Waals surface area contributed by atoms with Crippen LogP contribution >= 0.6 is 11.8 Å². The monoisotopic (exact) mass is 383 g/mol. The zero-order valence-corrected chi connectivity index (χ0v) is 15.9. The van der Waals surface area contributed by atoms with Gasteiger partial charge >= 0.3 is 0 Å². The van der Waals surface area contributed by atoms with Crippen molar-refractivity contribution >= 4 is 17.4 Å². The van der Waals surface area contributed by atoms with Crippen LogP contribution in [0.5, 0.6) is 0 Å². The number of hydrogen-bond donors (Lipinski definition) is 1. The van der Waals surface area contributed by atoms with Crippen LogP contribution in [0.4, 0.5) is 5.69 Å². The van der Waals surface area contributed by atoms with Crippen LogP contribution in [0.25, 0.3) is 0 Å². The number of hydrogen-bond acceptors (Lipinski definition) is 6. The lowest BCUT2D eigenvalue weighted by Crippen LogP contribution is -2.11. The Bertz CT molecular complexity index is 907. The van der Waals surface area contributed by atoms with Gasteiger partial charge in [-0.25, -0.2) is 0 Å². The fourth-order valence-electron chi connectivity index (χ4n) is 2.64. The molecule has 0 atom stereocenters. The number of nitrogens with two attached hydrogens (primary N) is 1. The van der Waals surface area contributed by atoms with Crippen molar-refractivity contribution in [3.8, 4) is 0 Å². The molecule has 0 saturated heterocycles. The summed E-state index contributed by atoms with van der Waals surface area (Å²) >= 11 is 1.56. The van der Waals surface area contributed by atoms with Crippen LogP contribution < -0.4 is 5.73 Å². The van der Waals surface area contributed by atoms with Crippen LogP contribution in [0.3, 0.4) is 0 Å². The van der Waals surface area contributed by atoms with E-state index in [1.807, 2.05) is 0 Å². The van der Waals surface area contributed by atoms with Gasteiger partial charge in [-0.05, 0) is 24.6 Å². The lowest BCUT2D eigenvalue weighted by Gasteiger charge is -2.10. The topological polar surface area (TPSA) is 99.9 Å². The van der Waals surface area contributed by atoms with E-state index in [1.165, 1.54) is 23.3 Å². The van der Waals surface area contributed by atoms with Crippen molar-refractivity contribution in [2.24, 2.45) is 5.73 Å². The second kappa shape index (κ2) is 8.79. The first kappa shape index (κ1) is 19.1. The first-order valence-electron chi connectivity index (χ1n) is 8.60. The molecular formula is C19H21N5O2S. The van der Waals surface area contributed by atoms with Gasteiger partial charge in [0.1, 0.15) is 5.82 Å². The molecule has 140 valence electrons. The maximum absolute atomic E-state index is 10.8. The number of nitrogens with zero attached hydrogens (tertiary/aromatic N) is 4. The highest BCUT2D eigenvalue weighted by Gasteiger charge is 2.13. The predicted octanol–water partition coefficient (Wildman–Crippen LogP) is 3.34. The molecule has 0 aliphatic heterocycles. The quantitative estimate of drug-likeness (QED) is 0.364. The predicted molar refractivity (Wildman–Crippen MR) is 106 cm³/mol. The molecule has 0 radical (unpaired) electrons. The maximum Gasteiger partial charge on any atom is 0.269 e. The minimum absolute atomic E-state index is 0.0940. The van der Waals surface area contributed by atoms with Crippen LogP contribution in [0.15, 0.2) is 53.7 Å². The number of aromatic nitrogens is 3. The molecule has 2 N–H and O–H groups in total. The molecule has 0 aliphatic carbocycles. The van der Waals surface area contributed by atoms with Gasteiger partial charge in [0.25, 0.3) is 5.69 Å². The number of nitro benzene ring substituents is 1. The van der Waals surface area contributed by atoms with Crippen molar-refractivity contribution in [2.45, 2.75) is 30.8 Å². The summed E-state index contributed by atoms with van der Waals surface area (Å²) < 4.78 is 2.09. The molecule has 8 heteroatoms.